The molecule has 5 heteroatoms. The van der Waals surface area contributed by atoms with Crippen molar-refractivity contribution in [3.63, 3.8) is 0 Å². The van der Waals surface area contributed by atoms with Gasteiger partial charge in [0.1, 0.15) is 5.15 Å². The standard InChI is InChI=1S/C7H9ClN2.2ClH/c1-5(9)6-2-3-10-7(8)4-6;;/h2-5H,9H2,1H3;2*1H. The fraction of sp³-hybridized carbons (Fsp3) is 0.286. The number of hydrogen-bond donors (Lipinski definition) is 1. The molecule has 0 fully saturated rings. The molecular weight excluding hydrogens is 218 g/mol. The zero-order valence-corrected chi connectivity index (χ0v) is 8.92. The van der Waals surface area contributed by atoms with Gasteiger partial charge < -0.3 is 5.73 Å². The van der Waals surface area contributed by atoms with E-state index in [-0.39, 0.29) is 30.9 Å². The van der Waals surface area contributed by atoms with E-state index in [1.807, 2.05) is 13.0 Å². The van der Waals surface area contributed by atoms with Gasteiger partial charge in [-0.1, -0.05) is 11.6 Å². The van der Waals surface area contributed by atoms with Crippen molar-refractivity contribution in [1.29, 1.82) is 0 Å². The second-order valence-electron chi connectivity index (χ2n) is 2.20. The van der Waals surface area contributed by atoms with Crippen LogP contribution in [0.3, 0.4) is 0 Å². The van der Waals surface area contributed by atoms with Crippen LogP contribution in [-0.2, 0) is 0 Å². The Hall–Kier alpha value is -0.0200. The molecule has 2 nitrogen and oxygen atoms in total. The molecule has 1 atom stereocenters. The van der Waals surface area contributed by atoms with Crippen molar-refractivity contribution in [2.24, 2.45) is 5.73 Å². The summed E-state index contributed by atoms with van der Waals surface area (Å²) in [6.07, 6.45) is 1.65. The lowest BCUT2D eigenvalue weighted by Gasteiger charge is -2.03. The lowest BCUT2D eigenvalue weighted by molar-refractivity contribution is 0.815. The van der Waals surface area contributed by atoms with Crippen LogP contribution >= 0.6 is 36.4 Å². The highest BCUT2D eigenvalue weighted by Gasteiger charge is 1.98. The molecule has 0 aliphatic rings. The largest absolute Gasteiger partial charge is 0.324 e. The Morgan fingerprint density at radius 1 is 1.50 bits per heavy atom. The average molecular weight is 230 g/mol. The van der Waals surface area contributed by atoms with E-state index in [2.05, 4.69) is 4.98 Å². The maximum Gasteiger partial charge on any atom is 0.129 e. The van der Waals surface area contributed by atoms with Crippen LogP contribution in [0.15, 0.2) is 18.3 Å². The van der Waals surface area contributed by atoms with Crippen molar-refractivity contribution < 1.29 is 0 Å². The SMILES string of the molecule is CC(N)c1ccnc(Cl)c1.Cl.Cl. The molecule has 0 amide bonds. The fourth-order valence-electron chi connectivity index (χ4n) is 0.701. The predicted molar refractivity (Wildman–Crippen MR) is 56.3 cm³/mol. The van der Waals surface area contributed by atoms with Crippen molar-refractivity contribution in [3.8, 4) is 0 Å². The third kappa shape index (κ3) is 4.12. The minimum absolute atomic E-state index is 0. The number of hydrogen-bond acceptors (Lipinski definition) is 2. The molecule has 0 bridgehead atoms. The third-order valence-corrected chi connectivity index (χ3v) is 1.48. The molecule has 12 heavy (non-hydrogen) atoms. The average Bonchev–Trinajstić information content (AvgIpc) is 1.88. The van der Waals surface area contributed by atoms with Crippen molar-refractivity contribution in [1.82, 2.24) is 4.98 Å². The van der Waals surface area contributed by atoms with Crippen molar-refractivity contribution >= 4 is 36.4 Å². The third-order valence-electron chi connectivity index (χ3n) is 1.28. The Morgan fingerprint density at radius 3 is 2.42 bits per heavy atom. The first kappa shape index (κ1) is 14.5. The van der Waals surface area contributed by atoms with Crippen LogP contribution in [0.5, 0.6) is 0 Å². The second-order valence-corrected chi connectivity index (χ2v) is 2.59. The van der Waals surface area contributed by atoms with Crippen LogP contribution in [0.4, 0.5) is 0 Å². The molecule has 0 aliphatic carbocycles. The highest BCUT2D eigenvalue weighted by Crippen LogP contribution is 2.12. The van der Waals surface area contributed by atoms with Crippen LogP contribution in [0, 0.1) is 0 Å². The Morgan fingerprint density at radius 2 is 2.08 bits per heavy atom. The normalized spacial score (nSPS) is 10.9. The maximum atomic E-state index is 5.62. The van der Waals surface area contributed by atoms with Crippen LogP contribution in [0.25, 0.3) is 0 Å². The maximum absolute atomic E-state index is 5.62. The molecule has 2 N–H and O–H groups in total. The monoisotopic (exact) mass is 228 g/mol. The molecule has 0 radical (unpaired) electrons. The van der Waals surface area contributed by atoms with Gasteiger partial charge in [-0.25, -0.2) is 4.98 Å². The minimum atomic E-state index is 0. The summed E-state index contributed by atoms with van der Waals surface area (Å²) < 4.78 is 0. The van der Waals surface area contributed by atoms with E-state index in [4.69, 9.17) is 17.3 Å². The summed E-state index contributed by atoms with van der Waals surface area (Å²) in [7, 11) is 0. The van der Waals surface area contributed by atoms with Crippen LogP contribution < -0.4 is 5.73 Å². The lowest BCUT2D eigenvalue weighted by Crippen LogP contribution is -2.04. The molecule has 0 saturated carbocycles. The predicted octanol–water partition coefficient (Wildman–Crippen LogP) is 2.60. The van der Waals surface area contributed by atoms with Crippen molar-refractivity contribution in [3.05, 3.63) is 29.0 Å². The quantitative estimate of drug-likeness (QED) is 0.752. The van der Waals surface area contributed by atoms with E-state index in [0.29, 0.717) is 5.15 Å². The first-order valence-electron chi connectivity index (χ1n) is 3.07. The number of nitrogens with two attached hydrogens (primary N) is 1. The van der Waals surface area contributed by atoms with Crippen molar-refractivity contribution in [2.75, 3.05) is 0 Å². The first-order valence-corrected chi connectivity index (χ1v) is 3.45. The summed E-state index contributed by atoms with van der Waals surface area (Å²) in [5.74, 6) is 0. The van der Waals surface area contributed by atoms with Crippen LogP contribution in [0.1, 0.15) is 18.5 Å². The Balaban J connectivity index is 0. The molecule has 0 aliphatic heterocycles. The van der Waals surface area contributed by atoms with Gasteiger partial charge in [0.25, 0.3) is 0 Å². The van der Waals surface area contributed by atoms with E-state index in [1.165, 1.54) is 0 Å². The summed E-state index contributed by atoms with van der Waals surface area (Å²) >= 11 is 5.62. The van der Waals surface area contributed by atoms with Crippen LogP contribution in [0.2, 0.25) is 5.15 Å². The van der Waals surface area contributed by atoms with Gasteiger partial charge in [0.05, 0.1) is 0 Å². The topological polar surface area (TPSA) is 38.9 Å². The molecule has 0 spiro atoms. The number of nitrogens with zero attached hydrogens (tertiary/aromatic N) is 1. The summed E-state index contributed by atoms with van der Waals surface area (Å²) in [6, 6.07) is 3.66. The summed E-state index contributed by atoms with van der Waals surface area (Å²) in [5, 5.41) is 0.495. The van der Waals surface area contributed by atoms with E-state index in [1.54, 1.807) is 12.3 Å². The van der Waals surface area contributed by atoms with E-state index in [0.717, 1.165) is 5.56 Å². The van der Waals surface area contributed by atoms with E-state index in [9.17, 15) is 0 Å². The van der Waals surface area contributed by atoms with E-state index < -0.39 is 0 Å². The van der Waals surface area contributed by atoms with Crippen molar-refractivity contribution in [2.45, 2.75) is 13.0 Å². The lowest BCUT2D eigenvalue weighted by atomic mass is 10.1. The second kappa shape index (κ2) is 6.49. The van der Waals surface area contributed by atoms with Gasteiger partial charge >= 0.3 is 0 Å². The summed E-state index contributed by atoms with van der Waals surface area (Å²) in [5.41, 5.74) is 6.61. The Bertz CT molecular complexity index is 228. The highest BCUT2D eigenvalue weighted by atomic mass is 35.5. The summed E-state index contributed by atoms with van der Waals surface area (Å²) in [4.78, 5) is 3.83. The minimum Gasteiger partial charge on any atom is -0.324 e. The Kier molecular flexibility index (Phi) is 7.84. The zero-order valence-electron chi connectivity index (χ0n) is 6.53. The Labute approximate surface area is 89.3 Å². The first-order chi connectivity index (χ1) is 4.70. The van der Waals surface area contributed by atoms with Gasteiger partial charge in [0.15, 0.2) is 0 Å². The van der Waals surface area contributed by atoms with Gasteiger partial charge in [-0.2, -0.15) is 0 Å². The highest BCUT2D eigenvalue weighted by molar-refractivity contribution is 6.29. The zero-order chi connectivity index (χ0) is 7.56. The number of pyridine rings is 1. The molecule has 0 saturated heterocycles. The number of rotatable bonds is 1. The molecular formula is C7H11Cl3N2. The molecule has 1 unspecified atom stereocenters. The van der Waals surface area contributed by atoms with E-state index >= 15 is 0 Å². The molecule has 0 aromatic carbocycles. The summed E-state index contributed by atoms with van der Waals surface area (Å²) in [6.45, 7) is 1.91. The smallest absolute Gasteiger partial charge is 0.129 e. The van der Waals surface area contributed by atoms with Gasteiger partial charge in [0.2, 0.25) is 0 Å². The van der Waals surface area contributed by atoms with Gasteiger partial charge in [-0.05, 0) is 24.6 Å². The number of aromatic nitrogens is 1. The van der Waals surface area contributed by atoms with Gasteiger partial charge in [0, 0.05) is 12.2 Å². The molecule has 1 aromatic heterocycles. The van der Waals surface area contributed by atoms with Gasteiger partial charge in [-0.3, -0.25) is 0 Å². The molecule has 1 heterocycles. The molecule has 70 valence electrons. The fourth-order valence-corrected chi connectivity index (χ4v) is 0.883. The van der Waals surface area contributed by atoms with Crippen LogP contribution in [-0.4, -0.2) is 4.98 Å². The number of halogens is 3. The molecule has 1 rings (SSSR count). The molecule has 1 aromatic rings. The van der Waals surface area contributed by atoms with Gasteiger partial charge in [-0.15, -0.1) is 24.8 Å².